The van der Waals surface area contributed by atoms with Crippen LogP contribution in [0.1, 0.15) is 32.6 Å². The molecule has 0 saturated carbocycles. The Kier molecular flexibility index (Phi) is 3.70. The highest BCUT2D eigenvalue weighted by Crippen LogP contribution is 2.22. The maximum atomic E-state index is 12.5. The Labute approximate surface area is 114 Å². The molecule has 0 unspecified atom stereocenters. The SMILES string of the molecule is COc1cc(C(=O)c2cc(C)ccc2C)ccc1C. The first-order valence-electron chi connectivity index (χ1n) is 6.29. The number of methoxy groups -OCH3 is 1. The van der Waals surface area contributed by atoms with Crippen LogP contribution in [0.25, 0.3) is 0 Å². The summed E-state index contributed by atoms with van der Waals surface area (Å²) in [6.45, 7) is 5.91. The van der Waals surface area contributed by atoms with Gasteiger partial charge in [-0.05, 0) is 44.0 Å². The van der Waals surface area contributed by atoms with Gasteiger partial charge in [0.15, 0.2) is 5.78 Å². The lowest BCUT2D eigenvalue weighted by Crippen LogP contribution is -2.05. The van der Waals surface area contributed by atoms with Gasteiger partial charge in [0.25, 0.3) is 0 Å². The first-order valence-corrected chi connectivity index (χ1v) is 6.29. The largest absolute Gasteiger partial charge is 0.496 e. The molecule has 0 fully saturated rings. The maximum absolute atomic E-state index is 12.5. The molecule has 0 bridgehead atoms. The van der Waals surface area contributed by atoms with E-state index in [9.17, 15) is 4.79 Å². The predicted octanol–water partition coefficient (Wildman–Crippen LogP) is 3.85. The number of ether oxygens (including phenoxy) is 1. The molecule has 0 amide bonds. The van der Waals surface area contributed by atoms with Gasteiger partial charge in [-0.1, -0.05) is 29.8 Å². The van der Waals surface area contributed by atoms with Gasteiger partial charge in [-0.25, -0.2) is 0 Å². The summed E-state index contributed by atoms with van der Waals surface area (Å²) in [5.74, 6) is 0.788. The van der Waals surface area contributed by atoms with E-state index in [0.717, 1.165) is 28.0 Å². The van der Waals surface area contributed by atoms with Crippen molar-refractivity contribution in [2.24, 2.45) is 0 Å². The molecule has 0 aromatic heterocycles. The number of hydrogen-bond donors (Lipinski definition) is 0. The molecule has 0 N–H and O–H groups in total. The highest BCUT2D eigenvalue weighted by Gasteiger charge is 2.13. The molecular weight excluding hydrogens is 236 g/mol. The fraction of sp³-hybridized carbons (Fsp3) is 0.235. The summed E-state index contributed by atoms with van der Waals surface area (Å²) in [6, 6.07) is 11.5. The van der Waals surface area contributed by atoms with Crippen LogP contribution < -0.4 is 4.74 Å². The molecule has 0 spiro atoms. The third-order valence-corrected chi connectivity index (χ3v) is 3.31. The molecule has 0 aliphatic rings. The molecule has 0 aliphatic heterocycles. The smallest absolute Gasteiger partial charge is 0.193 e. The lowest BCUT2D eigenvalue weighted by atomic mass is 9.96. The summed E-state index contributed by atoms with van der Waals surface area (Å²) < 4.78 is 5.27. The minimum atomic E-state index is 0.0412. The van der Waals surface area contributed by atoms with Gasteiger partial charge in [0.2, 0.25) is 0 Å². The molecule has 0 atom stereocenters. The van der Waals surface area contributed by atoms with E-state index in [4.69, 9.17) is 4.74 Å². The fourth-order valence-corrected chi connectivity index (χ4v) is 2.10. The molecule has 0 saturated heterocycles. The second-order valence-corrected chi connectivity index (χ2v) is 4.83. The molecule has 2 aromatic carbocycles. The Morgan fingerprint density at radius 2 is 1.63 bits per heavy atom. The molecule has 0 radical (unpaired) electrons. The van der Waals surface area contributed by atoms with Crippen LogP contribution in [-0.2, 0) is 0 Å². The van der Waals surface area contributed by atoms with Crippen molar-refractivity contribution in [2.75, 3.05) is 7.11 Å². The molecule has 0 heterocycles. The topological polar surface area (TPSA) is 26.3 Å². The van der Waals surface area contributed by atoms with E-state index < -0.39 is 0 Å². The normalized spacial score (nSPS) is 10.3. The first kappa shape index (κ1) is 13.3. The van der Waals surface area contributed by atoms with Crippen molar-refractivity contribution in [1.29, 1.82) is 0 Å². The van der Waals surface area contributed by atoms with Crippen molar-refractivity contribution in [1.82, 2.24) is 0 Å². The monoisotopic (exact) mass is 254 g/mol. The standard InChI is InChI=1S/C17H18O2/c1-11-5-6-12(2)15(9-11)17(18)14-8-7-13(3)16(10-14)19-4/h5-10H,1-4H3. The van der Waals surface area contributed by atoms with Crippen molar-refractivity contribution >= 4 is 5.78 Å². The van der Waals surface area contributed by atoms with E-state index in [0.29, 0.717) is 5.56 Å². The first-order chi connectivity index (χ1) is 9.02. The van der Waals surface area contributed by atoms with Crippen molar-refractivity contribution in [3.63, 3.8) is 0 Å². The molecule has 0 aliphatic carbocycles. The molecule has 2 nitrogen and oxygen atoms in total. The molecule has 2 rings (SSSR count). The quantitative estimate of drug-likeness (QED) is 0.778. The zero-order chi connectivity index (χ0) is 14.0. The summed E-state index contributed by atoms with van der Waals surface area (Å²) >= 11 is 0. The maximum Gasteiger partial charge on any atom is 0.193 e. The van der Waals surface area contributed by atoms with Gasteiger partial charge in [0.05, 0.1) is 7.11 Å². The second-order valence-electron chi connectivity index (χ2n) is 4.83. The van der Waals surface area contributed by atoms with Crippen LogP contribution in [0.3, 0.4) is 0 Å². The number of carbonyl (C=O) groups is 1. The van der Waals surface area contributed by atoms with Crippen LogP contribution in [0.5, 0.6) is 5.75 Å². The van der Waals surface area contributed by atoms with Gasteiger partial charge >= 0.3 is 0 Å². The van der Waals surface area contributed by atoms with Crippen molar-refractivity contribution < 1.29 is 9.53 Å². The van der Waals surface area contributed by atoms with Crippen molar-refractivity contribution in [2.45, 2.75) is 20.8 Å². The zero-order valence-electron chi connectivity index (χ0n) is 11.8. The summed E-state index contributed by atoms with van der Waals surface area (Å²) in [4.78, 5) is 12.5. The van der Waals surface area contributed by atoms with Crippen molar-refractivity contribution in [3.8, 4) is 5.75 Å². The van der Waals surface area contributed by atoms with Gasteiger partial charge in [-0.15, -0.1) is 0 Å². The minimum Gasteiger partial charge on any atom is -0.496 e. The van der Waals surface area contributed by atoms with Crippen LogP contribution in [0.2, 0.25) is 0 Å². The van der Waals surface area contributed by atoms with Gasteiger partial charge in [0.1, 0.15) is 5.75 Å². The number of hydrogen-bond acceptors (Lipinski definition) is 2. The van der Waals surface area contributed by atoms with Crippen LogP contribution in [-0.4, -0.2) is 12.9 Å². The predicted molar refractivity (Wildman–Crippen MR) is 77.1 cm³/mol. The molecule has 2 aromatic rings. The average molecular weight is 254 g/mol. The van der Waals surface area contributed by atoms with Crippen LogP contribution in [0, 0.1) is 20.8 Å². The summed E-state index contributed by atoms with van der Waals surface area (Å²) in [7, 11) is 1.62. The van der Waals surface area contributed by atoms with Gasteiger partial charge in [0, 0.05) is 11.1 Å². The summed E-state index contributed by atoms with van der Waals surface area (Å²) in [6.07, 6.45) is 0. The van der Waals surface area contributed by atoms with Gasteiger partial charge in [-0.2, -0.15) is 0 Å². The molecule has 98 valence electrons. The van der Waals surface area contributed by atoms with Crippen LogP contribution >= 0.6 is 0 Å². The van der Waals surface area contributed by atoms with E-state index in [-0.39, 0.29) is 5.78 Å². The third-order valence-electron chi connectivity index (χ3n) is 3.31. The van der Waals surface area contributed by atoms with E-state index in [1.165, 1.54) is 0 Å². The Bertz CT molecular complexity index is 627. The number of ketones is 1. The van der Waals surface area contributed by atoms with Gasteiger partial charge < -0.3 is 4.74 Å². The number of carbonyl (C=O) groups excluding carboxylic acids is 1. The van der Waals surface area contributed by atoms with E-state index in [1.54, 1.807) is 13.2 Å². The molecule has 2 heteroatoms. The minimum absolute atomic E-state index is 0.0412. The van der Waals surface area contributed by atoms with Crippen LogP contribution in [0.15, 0.2) is 36.4 Å². The second kappa shape index (κ2) is 5.27. The fourth-order valence-electron chi connectivity index (χ4n) is 2.10. The number of benzene rings is 2. The van der Waals surface area contributed by atoms with E-state index in [2.05, 4.69) is 0 Å². The Hall–Kier alpha value is -2.09. The Morgan fingerprint density at radius 1 is 0.947 bits per heavy atom. The summed E-state index contributed by atoms with van der Waals surface area (Å²) in [5.41, 5.74) is 4.53. The number of aryl methyl sites for hydroxylation is 3. The van der Waals surface area contributed by atoms with Gasteiger partial charge in [-0.3, -0.25) is 4.79 Å². The lowest BCUT2D eigenvalue weighted by Gasteiger charge is -2.09. The highest BCUT2D eigenvalue weighted by atomic mass is 16.5. The average Bonchev–Trinajstić information content (AvgIpc) is 2.41. The number of rotatable bonds is 3. The molecular formula is C17H18O2. The van der Waals surface area contributed by atoms with E-state index in [1.807, 2.05) is 51.1 Å². The lowest BCUT2D eigenvalue weighted by molar-refractivity contribution is 0.103. The Balaban J connectivity index is 2.47. The van der Waals surface area contributed by atoms with Crippen LogP contribution in [0.4, 0.5) is 0 Å². The third kappa shape index (κ3) is 2.68. The van der Waals surface area contributed by atoms with Crippen molar-refractivity contribution in [3.05, 3.63) is 64.2 Å². The molecule has 19 heavy (non-hydrogen) atoms. The summed E-state index contributed by atoms with van der Waals surface area (Å²) in [5, 5.41) is 0. The highest BCUT2D eigenvalue weighted by molar-refractivity contribution is 6.10. The van der Waals surface area contributed by atoms with E-state index >= 15 is 0 Å². The Morgan fingerprint density at radius 3 is 2.32 bits per heavy atom. The zero-order valence-corrected chi connectivity index (χ0v) is 11.8.